The molecule has 2 aromatic rings. The molecule has 0 aliphatic heterocycles. The van der Waals surface area contributed by atoms with Crippen LogP contribution < -0.4 is 10.1 Å². The SMILES string of the molecule is COc1cccc(/C=C/C(=O)OCC(=O)N(C)CC(=O)NCc2ccco2)c1. The summed E-state index contributed by atoms with van der Waals surface area (Å²) >= 11 is 0. The van der Waals surface area contributed by atoms with Crippen LogP contribution in [0.25, 0.3) is 6.08 Å². The van der Waals surface area contributed by atoms with E-state index in [9.17, 15) is 14.4 Å². The van der Waals surface area contributed by atoms with Crippen LogP contribution in [-0.2, 0) is 25.7 Å². The summed E-state index contributed by atoms with van der Waals surface area (Å²) in [7, 11) is 3.01. The van der Waals surface area contributed by atoms with Crippen molar-refractivity contribution in [3.8, 4) is 5.75 Å². The molecule has 0 saturated heterocycles. The summed E-state index contributed by atoms with van der Waals surface area (Å²) in [5.74, 6) is -0.226. The van der Waals surface area contributed by atoms with Gasteiger partial charge in [-0.05, 0) is 35.9 Å². The van der Waals surface area contributed by atoms with Gasteiger partial charge in [-0.3, -0.25) is 9.59 Å². The molecule has 148 valence electrons. The van der Waals surface area contributed by atoms with Crippen molar-refractivity contribution in [3.05, 3.63) is 60.1 Å². The Morgan fingerprint density at radius 2 is 2.04 bits per heavy atom. The molecule has 8 heteroatoms. The van der Waals surface area contributed by atoms with Gasteiger partial charge in [0.1, 0.15) is 11.5 Å². The zero-order valence-electron chi connectivity index (χ0n) is 15.7. The lowest BCUT2D eigenvalue weighted by molar-refractivity contribution is -0.148. The van der Waals surface area contributed by atoms with Crippen LogP contribution >= 0.6 is 0 Å². The molecule has 1 aromatic heterocycles. The van der Waals surface area contributed by atoms with Gasteiger partial charge in [-0.15, -0.1) is 0 Å². The van der Waals surface area contributed by atoms with Gasteiger partial charge >= 0.3 is 5.97 Å². The lowest BCUT2D eigenvalue weighted by Gasteiger charge is -2.16. The summed E-state index contributed by atoms with van der Waals surface area (Å²) in [6, 6.07) is 10.6. The number of rotatable bonds is 9. The number of benzene rings is 1. The number of nitrogens with one attached hydrogen (secondary N) is 1. The number of likely N-dealkylation sites (N-methyl/N-ethyl adjacent to an activating group) is 1. The molecule has 28 heavy (non-hydrogen) atoms. The van der Waals surface area contributed by atoms with Crippen LogP contribution in [-0.4, -0.2) is 50.0 Å². The molecule has 8 nitrogen and oxygen atoms in total. The molecule has 1 N–H and O–H groups in total. The zero-order chi connectivity index (χ0) is 20.4. The van der Waals surface area contributed by atoms with Gasteiger partial charge in [0, 0.05) is 13.1 Å². The third-order valence-corrected chi connectivity index (χ3v) is 3.69. The van der Waals surface area contributed by atoms with Gasteiger partial charge in [-0.2, -0.15) is 0 Å². The van der Waals surface area contributed by atoms with Crippen molar-refractivity contribution in [2.75, 3.05) is 27.3 Å². The Balaban J connectivity index is 1.71. The molecule has 0 atom stereocenters. The molecule has 1 heterocycles. The van der Waals surface area contributed by atoms with Crippen LogP contribution in [0.5, 0.6) is 5.75 Å². The Morgan fingerprint density at radius 1 is 1.21 bits per heavy atom. The fourth-order valence-corrected chi connectivity index (χ4v) is 2.16. The predicted molar refractivity (Wildman–Crippen MR) is 101 cm³/mol. The van der Waals surface area contributed by atoms with Crippen LogP contribution in [0.3, 0.4) is 0 Å². The normalized spacial score (nSPS) is 10.5. The molecule has 0 aliphatic carbocycles. The number of ether oxygens (including phenoxy) is 2. The molecular formula is C20H22N2O6. The van der Waals surface area contributed by atoms with Gasteiger partial charge in [0.25, 0.3) is 5.91 Å². The van der Waals surface area contributed by atoms with Gasteiger partial charge in [0.05, 0.1) is 26.5 Å². The molecule has 2 rings (SSSR count). The molecule has 2 amide bonds. The Kier molecular flexibility index (Phi) is 7.83. The fourth-order valence-electron chi connectivity index (χ4n) is 2.16. The van der Waals surface area contributed by atoms with E-state index in [1.807, 2.05) is 0 Å². The first kappa shape index (κ1) is 20.8. The lowest BCUT2D eigenvalue weighted by Crippen LogP contribution is -2.39. The van der Waals surface area contributed by atoms with Crippen molar-refractivity contribution in [2.45, 2.75) is 6.54 Å². The molecule has 0 unspecified atom stereocenters. The number of furan rings is 1. The third-order valence-electron chi connectivity index (χ3n) is 3.69. The molecule has 1 aromatic carbocycles. The maximum atomic E-state index is 12.0. The quantitative estimate of drug-likeness (QED) is 0.519. The van der Waals surface area contributed by atoms with Gasteiger partial charge in [-0.25, -0.2) is 4.79 Å². The standard InChI is InChI=1S/C20H22N2O6/c1-22(13-18(23)21-12-17-7-4-10-27-17)19(24)14-28-20(25)9-8-15-5-3-6-16(11-15)26-2/h3-11H,12-14H2,1-2H3,(H,21,23)/b9-8+. The number of hydrogen-bond acceptors (Lipinski definition) is 6. The van der Waals surface area contributed by atoms with Gasteiger partial charge in [-0.1, -0.05) is 12.1 Å². The van der Waals surface area contributed by atoms with E-state index >= 15 is 0 Å². The first-order chi connectivity index (χ1) is 13.5. The highest BCUT2D eigenvalue weighted by molar-refractivity contribution is 5.90. The van der Waals surface area contributed by atoms with E-state index in [1.54, 1.807) is 49.6 Å². The summed E-state index contributed by atoms with van der Waals surface area (Å²) in [4.78, 5) is 36.7. The average Bonchev–Trinajstić information content (AvgIpc) is 3.22. The van der Waals surface area contributed by atoms with Crippen LogP contribution in [0, 0.1) is 0 Å². The van der Waals surface area contributed by atoms with E-state index in [0.717, 1.165) is 5.56 Å². The number of carbonyl (C=O) groups excluding carboxylic acids is 3. The minimum Gasteiger partial charge on any atom is -0.497 e. The Hall–Kier alpha value is -3.55. The molecule has 0 saturated carbocycles. The first-order valence-electron chi connectivity index (χ1n) is 8.50. The third kappa shape index (κ3) is 6.99. The van der Waals surface area contributed by atoms with E-state index in [4.69, 9.17) is 13.9 Å². The minimum atomic E-state index is -0.660. The Labute approximate surface area is 162 Å². The number of esters is 1. The van der Waals surface area contributed by atoms with Crippen LogP contribution in [0.1, 0.15) is 11.3 Å². The molecular weight excluding hydrogens is 364 g/mol. The second-order valence-corrected chi connectivity index (χ2v) is 5.82. The summed E-state index contributed by atoms with van der Waals surface area (Å²) in [6.07, 6.45) is 4.29. The van der Waals surface area contributed by atoms with Crippen LogP contribution in [0.15, 0.2) is 53.2 Å². The number of nitrogens with zero attached hydrogens (tertiary/aromatic N) is 1. The summed E-state index contributed by atoms with van der Waals surface area (Å²) in [6.45, 7) is -0.377. The monoisotopic (exact) mass is 386 g/mol. The molecule has 0 bridgehead atoms. The second kappa shape index (κ2) is 10.6. The van der Waals surface area contributed by atoms with Crippen molar-refractivity contribution >= 4 is 23.9 Å². The summed E-state index contributed by atoms with van der Waals surface area (Å²) in [5.41, 5.74) is 0.757. The van der Waals surface area contributed by atoms with E-state index in [-0.39, 0.29) is 19.0 Å². The van der Waals surface area contributed by atoms with E-state index in [1.165, 1.54) is 24.3 Å². The van der Waals surface area contributed by atoms with Crippen molar-refractivity contribution in [1.29, 1.82) is 0 Å². The van der Waals surface area contributed by atoms with E-state index in [2.05, 4.69) is 5.32 Å². The fraction of sp³-hybridized carbons (Fsp3) is 0.250. The maximum absolute atomic E-state index is 12.0. The minimum absolute atomic E-state index is 0.156. The maximum Gasteiger partial charge on any atom is 0.331 e. The number of hydrogen-bond donors (Lipinski definition) is 1. The average molecular weight is 386 g/mol. The zero-order valence-corrected chi connectivity index (χ0v) is 15.7. The summed E-state index contributed by atoms with van der Waals surface area (Å²) < 4.78 is 15.1. The molecule has 0 aliphatic rings. The predicted octanol–water partition coefficient (Wildman–Crippen LogP) is 1.62. The second-order valence-electron chi connectivity index (χ2n) is 5.82. The smallest absolute Gasteiger partial charge is 0.331 e. The van der Waals surface area contributed by atoms with Gasteiger partial charge in [0.2, 0.25) is 5.91 Å². The highest BCUT2D eigenvalue weighted by Crippen LogP contribution is 2.13. The number of amides is 2. The van der Waals surface area contributed by atoms with Crippen molar-refractivity contribution in [1.82, 2.24) is 10.2 Å². The van der Waals surface area contributed by atoms with Crippen LogP contribution in [0.2, 0.25) is 0 Å². The molecule has 0 radical (unpaired) electrons. The Bertz CT molecular complexity index is 829. The van der Waals surface area contributed by atoms with Crippen molar-refractivity contribution in [2.24, 2.45) is 0 Å². The van der Waals surface area contributed by atoms with E-state index in [0.29, 0.717) is 11.5 Å². The topological polar surface area (TPSA) is 98.1 Å². The van der Waals surface area contributed by atoms with Crippen LogP contribution in [0.4, 0.5) is 0 Å². The number of carbonyl (C=O) groups is 3. The largest absolute Gasteiger partial charge is 0.497 e. The van der Waals surface area contributed by atoms with E-state index < -0.39 is 18.5 Å². The Morgan fingerprint density at radius 3 is 2.75 bits per heavy atom. The highest BCUT2D eigenvalue weighted by atomic mass is 16.5. The van der Waals surface area contributed by atoms with Crippen molar-refractivity contribution < 1.29 is 28.3 Å². The first-order valence-corrected chi connectivity index (χ1v) is 8.50. The van der Waals surface area contributed by atoms with Crippen molar-refractivity contribution in [3.63, 3.8) is 0 Å². The molecule has 0 spiro atoms. The lowest BCUT2D eigenvalue weighted by atomic mass is 10.2. The van der Waals surface area contributed by atoms with Gasteiger partial charge in [0.15, 0.2) is 6.61 Å². The highest BCUT2D eigenvalue weighted by Gasteiger charge is 2.14. The van der Waals surface area contributed by atoms with Gasteiger partial charge < -0.3 is 24.1 Å². The number of methoxy groups -OCH3 is 1. The molecule has 0 fully saturated rings. The summed E-state index contributed by atoms with van der Waals surface area (Å²) in [5, 5.41) is 2.63.